The van der Waals surface area contributed by atoms with E-state index in [1.165, 1.54) is 22.5 Å². The second-order valence-corrected chi connectivity index (χ2v) is 16.4. The summed E-state index contributed by atoms with van der Waals surface area (Å²) in [5, 5.41) is 28.0. The van der Waals surface area contributed by atoms with Crippen LogP contribution in [0.4, 0.5) is 9.59 Å². The number of morpholine rings is 1. The molecule has 4 heterocycles. The van der Waals surface area contributed by atoms with E-state index in [0.717, 1.165) is 10.5 Å². The zero-order valence-electron chi connectivity index (χ0n) is 29.7. The monoisotopic (exact) mass is 745 g/mol. The third kappa shape index (κ3) is 8.92. The number of sulfonamides is 1. The first-order valence-corrected chi connectivity index (χ1v) is 19.3. The van der Waals surface area contributed by atoms with E-state index in [0.29, 0.717) is 64.5 Å². The molecular formula is C36H49N4O11S-. The van der Waals surface area contributed by atoms with Crippen LogP contribution in [0, 0.1) is 11.3 Å². The highest BCUT2D eigenvalue weighted by molar-refractivity contribution is 7.89. The van der Waals surface area contributed by atoms with Gasteiger partial charge in [-0.2, -0.15) is 4.31 Å². The minimum Gasteiger partial charge on any atom is -0.530 e. The molecule has 3 saturated heterocycles. The summed E-state index contributed by atoms with van der Waals surface area (Å²) in [7, 11) is -4.27. The maximum absolute atomic E-state index is 14.5. The Labute approximate surface area is 304 Å². The Balaban J connectivity index is 1.24. The number of carbonyl (C=O) groups is 2. The van der Waals surface area contributed by atoms with Gasteiger partial charge in [0.1, 0.15) is 6.09 Å². The zero-order chi connectivity index (χ0) is 36.9. The Hall–Kier alpha value is -3.67. The van der Waals surface area contributed by atoms with Gasteiger partial charge in [-0.05, 0) is 48.8 Å². The van der Waals surface area contributed by atoms with Gasteiger partial charge in [0.25, 0.3) is 0 Å². The first-order valence-electron chi connectivity index (χ1n) is 17.9. The molecule has 0 radical (unpaired) electrons. The molecule has 3 fully saturated rings. The molecule has 6 rings (SSSR count). The van der Waals surface area contributed by atoms with Crippen molar-refractivity contribution in [3.05, 3.63) is 54.1 Å². The van der Waals surface area contributed by atoms with Crippen LogP contribution in [0.25, 0.3) is 0 Å². The average Bonchev–Trinajstić information content (AvgIpc) is 3.89. The van der Waals surface area contributed by atoms with Crippen molar-refractivity contribution in [3.8, 4) is 11.5 Å². The minimum atomic E-state index is -4.27. The number of carboxylic acid groups (broad SMARTS) is 1. The average molecular weight is 746 g/mol. The Morgan fingerprint density at radius 1 is 1.06 bits per heavy atom. The van der Waals surface area contributed by atoms with Crippen LogP contribution in [-0.4, -0.2) is 130 Å². The molecule has 16 heteroatoms. The lowest BCUT2D eigenvalue weighted by atomic mass is 9.87. The Morgan fingerprint density at radius 3 is 2.56 bits per heavy atom. The lowest BCUT2D eigenvalue weighted by Crippen LogP contribution is -2.61. The van der Waals surface area contributed by atoms with Crippen LogP contribution in [0.1, 0.15) is 38.7 Å². The van der Waals surface area contributed by atoms with Crippen LogP contribution < -0.4 is 19.9 Å². The Bertz CT molecular complexity index is 1640. The highest BCUT2D eigenvalue weighted by atomic mass is 32.2. The van der Waals surface area contributed by atoms with Gasteiger partial charge in [-0.1, -0.05) is 44.2 Å². The van der Waals surface area contributed by atoms with Crippen molar-refractivity contribution in [2.75, 3.05) is 65.9 Å². The molecule has 2 aromatic rings. The van der Waals surface area contributed by atoms with Gasteiger partial charge < -0.3 is 53.8 Å². The van der Waals surface area contributed by atoms with Crippen LogP contribution in [0.2, 0.25) is 0 Å². The molecule has 5 atom stereocenters. The summed E-state index contributed by atoms with van der Waals surface area (Å²) in [6.07, 6.45) is -1.69. The molecule has 0 aromatic heterocycles. The summed E-state index contributed by atoms with van der Waals surface area (Å²) >= 11 is 0. The number of aliphatic hydroxyl groups excluding tert-OH is 1. The van der Waals surface area contributed by atoms with E-state index >= 15 is 0 Å². The molecule has 3 amide bonds. The van der Waals surface area contributed by atoms with E-state index in [-0.39, 0.29) is 49.0 Å². The van der Waals surface area contributed by atoms with Crippen LogP contribution in [0.15, 0.2) is 53.4 Å². The molecule has 0 spiro atoms. The van der Waals surface area contributed by atoms with Crippen molar-refractivity contribution in [1.82, 2.24) is 19.4 Å². The maximum atomic E-state index is 14.5. The minimum absolute atomic E-state index is 0.00724. The Morgan fingerprint density at radius 2 is 1.81 bits per heavy atom. The van der Waals surface area contributed by atoms with E-state index in [1.807, 2.05) is 44.2 Å². The number of ether oxygens (including phenoxy) is 5. The fourth-order valence-electron chi connectivity index (χ4n) is 7.48. The molecule has 286 valence electrons. The highest BCUT2D eigenvalue weighted by Crippen LogP contribution is 2.38. The van der Waals surface area contributed by atoms with Gasteiger partial charge >= 0.3 is 6.03 Å². The summed E-state index contributed by atoms with van der Waals surface area (Å²) in [6.45, 7) is 6.33. The van der Waals surface area contributed by atoms with Gasteiger partial charge in [0.15, 0.2) is 17.8 Å². The van der Waals surface area contributed by atoms with E-state index in [2.05, 4.69) is 5.32 Å². The standard InChI is InChI=1S/C36H50N4O11S/c1-36(2,12-6-13-37-34(42)38-14-17-47-18-15-38)23-39(52(45,46)26-9-10-31-32(20-26)51-24-50-31)21-30(41)28(19-25-7-4-3-5-8-25)40(35(43)44)29-22-49-33-27(29)11-16-48-33/h3-5,7-10,20,27-30,33,41H,6,11-19,21-24H2,1-2H3,(H,37,42)(H,43,44)/p-1/t27-,28-,29-,30+,33+/m0/s1. The number of fused-ring (bicyclic) bond motifs is 2. The number of urea groups is 1. The molecule has 15 nitrogen and oxygen atoms in total. The van der Waals surface area contributed by atoms with Gasteiger partial charge in [-0.15, -0.1) is 0 Å². The van der Waals surface area contributed by atoms with Crippen molar-refractivity contribution < 1.29 is 51.9 Å². The molecule has 0 aliphatic carbocycles. The first kappa shape index (κ1) is 38.1. The number of hydrogen-bond donors (Lipinski definition) is 2. The van der Waals surface area contributed by atoms with E-state index in [1.54, 1.807) is 4.90 Å². The second-order valence-electron chi connectivity index (χ2n) is 14.5. The molecule has 0 saturated carbocycles. The fraction of sp³-hybridized carbons (Fsp3) is 0.611. The second kappa shape index (κ2) is 16.6. The molecule has 4 aliphatic heterocycles. The van der Waals surface area contributed by atoms with Gasteiger partial charge in [0.05, 0.1) is 49.5 Å². The number of benzene rings is 2. The van der Waals surface area contributed by atoms with Crippen LogP contribution >= 0.6 is 0 Å². The van der Waals surface area contributed by atoms with Crippen LogP contribution in [-0.2, 0) is 30.7 Å². The van der Waals surface area contributed by atoms with E-state index in [9.17, 15) is 28.2 Å². The third-order valence-corrected chi connectivity index (χ3v) is 12.1. The third-order valence-electron chi connectivity index (χ3n) is 10.2. The summed E-state index contributed by atoms with van der Waals surface area (Å²) in [5.41, 5.74) is 0.143. The number of hydrogen-bond acceptors (Lipinski definition) is 11. The number of amides is 3. The first-order chi connectivity index (χ1) is 24.9. The molecular weight excluding hydrogens is 696 g/mol. The summed E-state index contributed by atoms with van der Waals surface area (Å²) < 4.78 is 57.9. The van der Waals surface area contributed by atoms with Crippen molar-refractivity contribution in [1.29, 1.82) is 0 Å². The predicted octanol–water partition coefficient (Wildman–Crippen LogP) is 1.63. The molecule has 2 aromatic carbocycles. The van der Waals surface area contributed by atoms with Gasteiger partial charge in [0.2, 0.25) is 16.8 Å². The topological polar surface area (TPSA) is 179 Å². The van der Waals surface area contributed by atoms with Crippen molar-refractivity contribution in [2.24, 2.45) is 11.3 Å². The molecule has 4 aliphatic rings. The number of carbonyl (C=O) groups excluding carboxylic acids is 2. The lowest BCUT2D eigenvalue weighted by molar-refractivity contribution is -0.273. The fourth-order valence-corrected chi connectivity index (χ4v) is 9.15. The number of aliphatic hydroxyl groups is 1. The number of rotatable bonds is 15. The predicted molar refractivity (Wildman–Crippen MR) is 185 cm³/mol. The van der Waals surface area contributed by atoms with Crippen molar-refractivity contribution >= 4 is 22.1 Å². The van der Waals surface area contributed by atoms with Crippen LogP contribution in [0.5, 0.6) is 11.5 Å². The van der Waals surface area contributed by atoms with Crippen molar-refractivity contribution in [2.45, 2.75) is 68.9 Å². The SMILES string of the molecule is CC(C)(CCCNC(=O)N1CCOCC1)CN(C[C@@H](O)[C@H](Cc1ccccc1)N(C(=O)[O-])[C@H]1CO[C@H]2OCC[C@H]21)S(=O)(=O)c1ccc2c(c1)OCO2. The molecule has 2 N–H and O–H groups in total. The Kier molecular flexibility index (Phi) is 12.1. The summed E-state index contributed by atoms with van der Waals surface area (Å²) in [5.74, 6) is 0.460. The lowest BCUT2D eigenvalue weighted by Gasteiger charge is -2.43. The van der Waals surface area contributed by atoms with Gasteiger partial charge in [0, 0.05) is 44.7 Å². The van der Waals surface area contributed by atoms with Gasteiger partial charge in [-0.3, -0.25) is 0 Å². The summed E-state index contributed by atoms with van der Waals surface area (Å²) in [6, 6.07) is 11.6. The van der Waals surface area contributed by atoms with E-state index < -0.39 is 52.6 Å². The summed E-state index contributed by atoms with van der Waals surface area (Å²) in [4.78, 5) is 28.4. The number of nitrogens with zero attached hydrogens (tertiary/aromatic N) is 3. The highest BCUT2D eigenvalue weighted by Gasteiger charge is 2.47. The molecule has 0 bridgehead atoms. The van der Waals surface area contributed by atoms with E-state index in [4.69, 9.17) is 23.7 Å². The molecule has 52 heavy (non-hydrogen) atoms. The van der Waals surface area contributed by atoms with Crippen molar-refractivity contribution in [3.63, 3.8) is 0 Å². The number of nitrogens with one attached hydrogen (secondary N) is 1. The molecule has 0 unspecified atom stereocenters. The smallest absolute Gasteiger partial charge is 0.317 e. The van der Waals surface area contributed by atoms with Crippen LogP contribution in [0.3, 0.4) is 0 Å². The maximum Gasteiger partial charge on any atom is 0.317 e. The largest absolute Gasteiger partial charge is 0.530 e. The zero-order valence-corrected chi connectivity index (χ0v) is 30.5. The van der Waals surface area contributed by atoms with Gasteiger partial charge in [-0.25, -0.2) is 13.2 Å². The quantitative estimate of drug-likeness (QED) is 0.253. The normalized spacial score (nSPS) is 22.6.